The Morgan fingerprint density at radius 2 is 1.78 bits per heavy atom. The molecule has 4 heteroatoms. The maximum atomic E-state index is 6.34. The number of fused-ring (bicyclic) bond motifs is 4. The number of hydrogen-bond acceptors (Lipinski definition) is 3. The van der Waals surface area contributed by atoms with Crippen molar-refractivity contribution >= 4 is 33.0 Å². The average Bonchev–Trinajstić information content (AvgIpc) is 3.19. The molecule has 27 heavy (non-hydrogen) atoms. The highest BCUT2D eigenvalue weighted by Crippen LogP contribution is 2.38. The topological polar surface area (TPSA) is 43.9 Å². The van der Waals surface area contributed by atoms with E-state index < -0.39 is 0 Å². The van der Waals surface area contributed by atoms with Crippen LogP contribution in [-0.2, 0) is 0 Å². The molecule has 0 amide bonds. The second-order valence-electron chi connectivity index (χ2n) is 7.39. The van der Waals surface area contributed by atoms with Crippen LogP contribution in [0.1, 0.15) is 31.3 Å². The van der Waals surface area contributed by atoms with Crippen LogP contribution in [0.15, 0.2) is 52.9 Å². The molecule has 0 radical (unpaired) electrons. The van der Waals surface area contributed by atoms with Crippen LogP contribution in [0.4, 0.5) is 0 Å². The normalized spacial score (nSPS) is 12.0. The number of benzene rings is 2. The van der Waals surface area contributed by atoms with Gasteiger partial charge in [0.05, 0.1) is 16.6 Å². The second kappa shape index (κ2) is 5.68. The molecule has 134 valence electrons. The minimum Gasteiger partial charge on any atom is -0.455 e. The molecule has 0 fully saturated rings. The number of pyridine rings is 1. The summed E-state index contributed by atoms with van der Waals surface area (Å²) in [5.74, 6) is 0.943. The van der Waals surface area contributed by atoms with Crippen LogP contribution in [0.5, 0.6) is 0 Å². The SMILES string of the molecule is Cc1cc2oc3c(-c4nc5ccccc5n4C(C)C)cccc3c2c(C)n1. The van der Waals surface area contributed by atoms with Crippen molar-refractivity contribution in [3.8, 4) is 11.4 Å². The van der Waals surface area contributed by atoms with Gasteiger partial charge in [0, 0.05) is 34.3 Å². The van der Waals surface area contributed by atoms with Gasteiger partial charge in [-0.15, -0.1) is 0 Å². The smallest absolute Gasteiger partial charge is 0.146 e. The van der Waals surface area contributed by atoms with Crippen LogP contribution in [0.2, 0.25) is 0 Å². The summed E-state index contributed by atoms with van der Waals surface area (Å²) in [6.45, 7) is 8.42. The molecule has 0 unspecified atom stereocenters. The molecular weight excluding hydrogens is 334 g/mol. The summed E-state index contributed by atoms with van der Waals surface area (Å²) in [4.78, 5) is 9.58. The van der Waals surface area contributed by atoms with Gasteiger partial charge in [-0.05, 0) is 45.9 Å². The zero-order chi connectivity index (χ0) is 18.7. The molecular formula is C23H21N3O. The standard InChI is InChI=1S/C23H21N3O/c1-13(2)26-19-11-6-5-10-18(19)25-23(26)17-9-7-8-16-21-15(4)24-14(3)12-20(21)27-22(16)17/h5-13H,1-4H3. The Hall–Kier alpha value is -3.14. The van der Waals surface area contributed by atoms with Gasteiger partial charge in [0.2, 0.25) is 0 Å². The minimum absolute atomic E-state index is 0.290. The number of hydrogen-bond donors (Lipinski definition) is 0. The molecule has 0 N–H and O–H groups in total. The number of para-hydroxylation sites is 3. The predicted molar refractivity (Wildman–Crippen MR) is 110 cm³/mol. The van der Waals surface area contributed by atoms with Gasteiger partial charge in [0.25, 0.3) is 0 Å². The molecule has 0 atom stereocenters. The largest absolute Gasteiger partial charge is 0.455 e. The summed E-state index contributed by atoms with van der Waals surface area (Å²) in [5, 5.41) is 2.18. The summed E-state index contributed by atoms with van der Waals surface area (Å²) in [7, 11) is 0. The quantitative estimate of drug-likeness (QED) is 0.379. The van der Waals surface area contributed by atoms with Crippen molar-refractivity contribution in [1.82, 2.24) is 14.5 Å². The number of aromatic nitrogens is 3. The zero-order valence-electron chi connectivity index (χ0n) is 15.9. The second-order valence-corrected chi connectivity index (χ2v) is 7.39. The predicted octanol–water partition coefficient (Wildman–Crippen LogP) is 6.20. The van der Waals surface area contributed by atoms with Crippen molar-refractivity contribution in [2.45, 2.75) is 33.7 Å². The molecule has 0 saturated heterocycles. The summed E-state index contributed by atoms with van der Waals surface area (Å²) in [5.41, 5.74) is 6.89. The first-order valence-corrected chi connectivity index (χ1v) is 9.31. The molecule has 0 spiro atoms. The first-order chi connectivity index (χ1) is 13.0. The van der Waals surface area contributed by atoms with E-state index in [0.717, 1.165) is 55.7 Å². The Bertz CT molecular complexity index is 1320. The van der Waals surface area contributed by atoms with Gasteiger partial charge < -0.3 is 8.98 Å². The summed E-state index contributed by atoms with van der Waals surface area (Å²) in [6.07, 6.45) is 0. The molecule has 3 heterocycles. The van der Waals surface area contributed by atoms with E-state index >= 15 is 0 Å². The lowest BCUT2D eigenvalue weighted by atomic mass is 10.1. The fourth-order valence-corrected chi connectivity index (χ4v) is 4.09. The first-order valence-electron chi connectivity index (χ1n) is 9.31. The molecule has 0 saturated carbocycles. The number of rotatable bonds is 2. The molecule has 5 aromatic rings. The molecule has 0 aliphatic rings. The first kappa shape index (κ1) is 16.1. The van der Waals surface area contributed by atoms with E-state index in [9.17, 15) is 0 Å². The highest BCUT2D eigenvalue weighted by atomic mass is 16.3. The van der Waals surface area contributed by atoms with Crippen molar-refractivity contribution in [2.75, 3.05) is 0 Å². The fraction of sp³-hybridized carbons (Fsp3) is 0.217. The Balaban J connectivity index is 1.91. The van der Waals surface area contributed by atoms with Crippen molar-refractivity contribution in [1.29, 1.82) is 0 Å². The van der Waals surface area contributed by atoms with Crippen molar-refractivity contribution < 1.29 is 4.42 Å². The van der Waals surface area contributed by atoms with Gasteiger partial charge in [-0.25, -0.2) is 4.98 Å². The van der Waals surface area contributed by atoms with Gasteiger partial charge in [0.1, 0.15) is 17.0 Å². The zero-order valence-corrected chi connectivity index (χ0v) is 15.9. The van der Waals surface area contributed by atoms with Crippen molar-refractivity contribution in [3.63, 3.8) is 0 Å². The van der Waals surface area contributed by atoms with E-state index in [1.165, 1.54) is 0 Å². The van der Waals surface area contributed by atoms with Gasteiger partial charge in [-0.2, -0.15) is 0 Å². The van der Waals surface area contributed by atoms with Crippen molar-refractivity contribution in [3.05, 3.63) is 59.9 Å². The Morgan fingerprint density at radius 1 is 0.963 bits per heavy atom. The number of furan rings is 1. The van der Waals surface area contributed by atoms with Gasteiger partial charge in [0.15, 0.2) is 0 Å². The highest BCUT2D eigenvalue weighted by molar-refractivity contribution is 6.10. The Morgan fingerprint density at radius 3 is 2.59 bits per heavy atom. The highest BCUT2D eigenvalue weighted by Gasteiger charge is 2.20. The lowest BCUT2D eigenvalue weighted by Gasteiger charge is -2.13. The number of nitrogens with zero attached hydrogens (tertiary/aromatic N) is 3. The molecule has 0 aliphatic heterocycles. The minimum atomic E-state index is 0.290. The van der Waals surface area contributed by atoms with Crippen LogP contribution in [0, 0.1) is 13.8 Å². The maximum Gasteiger partial charge on any atom is 0.146 e. The van der Waals surface area contributed by atoms with E-state index in [1.54, 1.807) is 0 Å². The fourth-order valence-electron chi connectivity index (χ4n) is 4.09. The Labute approximate surface area is 157 Å². The van der Waals surface area contributed by atoms with Crippen molar-refractivity contribution in [2.24, 2.45) is 0 Å². The van der Waals surface area contributed by atoms with Gasteiger partial charge >= 0.3 is 0 Å². The average molecular weight is 355 g/mol. The summed E-state index contributed by atoms with van der Waals surface area (Å²) >= 11 is 0. The van der Waals surface area contributed by atoms with E-state index in [-0.39, 0.29) is 6.04 Å². The third-order valence-corrected chi connectivity index (χ3v) is 5.14. The molecule has 4 nitrogen and oxygen atoms in total. The molecule has 0 aliphatic carbocycles. The molecule has 0 bridgehead atoms. The molecule has 2 aromatic carbocycles. The van der Waals surface area contributed by atoms with E-state index in [1.807, 2.05) is 26.0 Å². The summed E-state index contributed by atoms with van der Waals surface area (Å²) < 4.78 is 8.62. The lowest BCUT2D eigenvalue weighted by molar-refractivity contribution is 0.622. The third kappa shape index (κ3) is 2.29. The Kier molecular flexibility index (Phi) is 3.38. The van der Waals surface area contributed by atoms with Gasteiger partial charge in [-0.1, -0.05) is 24.3 Å². The van der Waals surface area contributed by atoms with E-state index in [2.05, 4.69) is 59.8 Å². The molecule has 5 rings (SSSR count). The maximum absolute atomic E-state index is 6.34. The van der Waals surface area contributed by atoms with Crippen LogP contribution in [0.25, 0.3) is 44.4 Å². The van der Waals surface area contributed by atoms with E-state index in [4.69, 9.17) is 9.40 Å². The summed E-state index contributed by atoms with van der Waals surface area (Å²) in [6, 6.07) is 16.9. The third-order valence-electron chi connectivity index (χ3n) is 5.14. The monoisotopic (exact) mass is 355 g/mol. The molecule has 3 aromatic heterocycles. The lowest BCUT2D eigenvalue weighted by Crippen LogP contribution is -2.03. The van der Waals surface area contributed by atoms with Crippen LogP contribution >= 0.6 is 0 Å². The van der Waals surface area contributed by atoms with Gasteiger partial charge in [-0.3, -0.25) is 4.98 Å². The van der Waals surface area contributed by atoms with E-state index in [0.29, 0.717) is 0 Å². The number of imidazole rings is 1. The van der Waals surface area contributed by atoms with Crippen LogP contribution in [0.3, 0.4) is 0 Å². The van der Waals surface area contributed by atoms with Crippen LogP contribution < -0.4 is 0 Å². The van der Waals surface area contributed by atoms with Crippen LogP contribution in [-0.4, -0.2) is 14.5 Å². The number of aryl methyl sites for hydroxylation is 2.